The molecule has 0 aromatic heterocycles. The molecule has 0 radical (unpaired) electrons. The summed E-state index contributed by atoms with van der Waals surface area (Å²) in [5, 5.41) is 3.72. The van der Waals surface area contributed by atoms with Crippen LogP contribution in [0.1, 0.15) is 23.2 Å². The number of cyclic esters (lactones) is 1. The highest BCUT2D eigenvalue weighted by molar-refractivity contribution is 7.80. The largest absolute Gasteiger partial charge is 0.443 e. The molecule has 11 nitrogen and oxygen atoms in total. The summed E-state index contributed by atoms with van der Waals surface area (Å²) >= 11 is 3.73. The van der Waals surface area contributed by atoms with Gasteiger partial charge in [-0.2, -0.15) is 12.6 Å². The molecule has 0 spiro atoms. The van der Waals surface area contributed by atoms with Crippen molar-refractivity contribution in [2.75, 3.05) is 60.9 Å². The molecular formula is C28H33F3N6O5S. The summed E-state index contributed by atoms with van der Waals surface area (Å²) < 4.78 is 45.6. The first-order valence-corrected chi connectivity index (χ1v) is 14.2. The predicted molar refractivity (Wildman–Crippen MR) is 157 cm³/mol. The molecule has 2 atom stereocenters. The summed E-state index contributed by atoms with van der Waals surface area (Å²) in [7, 11) is 0. The van der Waals surface area contributed by atoms with E-state index < -0.39 is 29.8 Å². The topological polar surface area (TPSA) is 137 Å². The van der Waals surface area contributed by atoms with Crippen LogP contribution in [0.2, 0.25) is 0 Å². The Morgan fingerprint density at radius 1 is 1.07 bits per heavy atom. The van der Waals surface area contributed by atoms with Gasteiger partial charge >= 0.3 is 6.09 Å². The molecule has 2 fully saturated rings. The quantitative estimate of drug-likeness (QED) is 0.161. The van der Waals surface area contributed by atoms with Crippen molar-refractivity contribution in [1.29, 1.82) is 0 Å². The molecule has 2 aliphatic heterocycles. The van der Waals surface area contributed by atoms with Gasteiger partial charge in [-0.1, -0.05) is 12.1 Å². The standard InChI is InChI=1S/C28H33F3N6O5S/c29-21-13-19(37-16-20(42-28(37)41)15-33-27(43)26(30)31)4-5-22(21)35-8-10-36(11-9-35)25(40)7-6-23(38)17-2-1-3-18(12-17)34-24(39)14-32/h1-5,12-13,20,26-27,33,43H,6-11,14-16,32H2,(H,34,39)/t20-,27?/m0/s1. The van der Waals surface area contributed by atoms with Gasteiger partial charge in [0.2, 0.25) is 11.8 Å². The fourth-order valence-electron chi connectivity index (χ4n) is 4.80. The highest BCUT2D eigenvalue weighted by Gasteiger charge is 2.34. The summed E-state index contributed by atoms with van der Waals surface area (Å²) in [6.45, 7) is 1.27. The Morgan fingerprint density at radius 2 is 1.81 bits per heavy atom. The van der Waals surface area contributed by atoms with Crippen molar-refractivity contribution in [2.45, 2.75) is 30.7 Å². The number of amides is 3. The van der Waals surface area contributed by atoms with Crippen LogP contribution in [-0.2, 0) is 14.3 Å². The Bertz CT molecular complexity index is 1340. The zero-order chi connectivity index (χ0) is 31.1. The Kier molecular flexibility index (Phi) is 10.9. The smallest absolute Gasteiger partial charge is 0.414 e. The van der Waals surface area contributed by atoms with Gasteiger partial charge in [0.1, 0.15) is 17.3 Å². The van der Waals surface area contributed by atoms with Crippen molar-refractivity contribution in [1.82, 2.24) is 10.2 Å². The first kappa shape index (κ1) is 32.1. The number of rotatable bonds is 12. The minimum absolute atomic E-state index is 0.000718. The van der Waals surface area contributed by atoms with Gasteiger partial charge < -0.3 is 25.6 Å². The van der Waals surface area contributed by atoms with E-state index in [0.717, 1.165) is 0 Å². The second-order valence-corrected chi connectivity index (χ2v) is 10.6. The van der Waals surface area contributed by atoms with E-state index in [1.54, 1.807) is 40.1 Å². The number of ketones is 1. The SMILES string of the molecule is NCC(=O)Nc1cccc(C(=O)CCC(=O)N2CCN(c3ccc(N4C[C@H](CNC(S)C(F)F)OC4=O)cc3F)CC2)c1. The van der Waals surface area contributed by atoms with Crippen LogP contribution in [0.15, 0.2) is 42.5 Å². The maximum absolute atomic E-state index is 15.1. The van der Waals surface area contributed by atoms with Crippen LogP contribution in [0.5, 0.6) is 0 Å². The number of hydrogen-bond acceptors (Lipinski definition) is 9. The van der Waals surface area contributed by atoms with Crippen LogP contribution in [0.4, 0.5) is 35.0 Å². The molecular weight excluding hydrogens is 589 g/mol. The van der Waals surface area contributed by atoms with Crippen LogP contribution >= 0.6 is 12.6 Å². The monoisotopic (exact) mass is 622 g/mol. The number of nitrogens with zero attached hydrogens (tertiary/aromatic N) is 3. The number of piperazine rings is 1. The number of hydrogen-bond donors (Lipinski definition) is 4. The molecule has 43 heavy (non-hydrogen) atoms. The van der Waals surface area contributed by atoms with E-state index >= 15 is 4.39 Å². The lowest BCUT2D eigenvalue weighted by atomic mass is 10.1. The molecule has 15 heteroatoms. The van der Waals surface area contributed by atoms with Gasteiger partial charge in [0.15, 0.2) is 5.78 Å². The maximum Gasteiger partial charge on any atom is 0.414 e. The first-order valence-electron chi connectivity index (χ1n) is 13.7. The van der Waals surface area contributed by atoms with Crippen molar-refractivity contribution in [3.63, 3.8) is 0 Å². The van der Waals surface area contributed by atoms with E-state index in [1.165, 1.54) is 17.0 Å². The van der Waals surface area contributed by atoms with E-state index in [2.05, 4.69) is 23.3 Å². The average Bonchev–Trinajstić information content (AvgIpc) is 3.38. The van der Waals surface area contributed by atoms with E-state index in [1.807, 2.05) is 0 Å². The minimum Gasteiger partial charge on any atom is -0.443 e. The summed E-state index contributed by atoms with van der Waals surface area (Å²) in [6.07, 6.45) is -4.07. The van der Waals surface area contributed by atoms with Gasteiger partial charge in [0, 0.05) is 56.8 Å². The molecule has 232 valence electrons. The molecule has 2 aromatic rings. The molecule has 2 aromatic carbocycles. The van der Waals surface area contributed by atoms with Crippen molar-refractivity contribution in [3.8, 4) is 0 Å². The van der Waals surface area contributed by atoms with E-state index in [0.29, 0.717) is 43.1 Å². The number of anilines is 3. The molecule has 0 aliphatic carbocycles. The first-order chi connectivity index (χ1) is 20.5. The predicted octanol–water partition coefficient (Wildman–Crippen LogP) is 2.47. The normalized spacial score (nSPS) is 17.7. The van der Waals surface area contributed by atoms with E-state index in [9.17, 15) is 28.0 Å². The van der Waals surface area contributed by atoms with Crippen LogP contribution in [0.3, 0.4) is 0 Å². The molecule has 0 bridgehead atoms. The third-order valence-corrected chi connectivity index (χ3v) is 7.51. The van der Waals surface area contributed by atoms with Gasteiger partial charge in [-0.3, -0.25) is 24.6 Å². The van der Waals surface area contributed by atoms with Gasteiger partial charge in [-0.05, 0) is 30.3 Å². The zero-order valence-electron chi connectivity index (χ0n) is 23.2. The third kappa shape index (κ3) is 8.39. The van der Waals surface area contributed by atoms with Gasteiger partial charge in [0.25, 0.3) is 6.43 Å². The number of alkyl halides is 2. The fraction of sp³-hybridized carbons (Fsp3) is 0.429. The number of carbonyl (C=O) groups is 4. The van der Waals surface area contributed by atoms with Crippen molar-refractivity contribution < 1.29 is 37.1 Å². The molecule has 3 amide bonds. The van der Waals surface area contributed by atoms with E-state index in [4.69, 9.17) is 10.5 Å². The Hall–Kier alpha value is -3.82. The number of nitrogens with one attached hydrogen (secondary N) is 2. The molecule has 2 heterocycles. The second-order valence-electron chi connectivity index (χ2n) is 10.1. The lowest BCUT2D eigenvalue weighted by Gasteiger charge is -2.36. The zero-order valence-corrected chi connectivity index (χ0v) is 24.1. The summed E-state index contributed by atoms with van der Waals surface area (Å²) in [5.41, 5.74) is 6.70. The number of benzene rings is 2. The van der Waals surface area contributed by atoms with Crippen molar-refractivity contribution >= 4 is 53.4 Å². The molecule has 2 saturated heterocycles. The van der Waals surface area contributed by atoms with Gasteiger partial charge in [-0.25, -0.2) is 18.0 Å². The summed E-state index contributed by atoms with van der Waals surface area (Å²) in [4.78, 5) is 53.9. The highest BCUT2D eigenvalue weighted by atomic mass is 32.1. The molecule has 4 N–H and O–H groups in total. The molecule has 2 aliphatic rings. The third-order valence-electron chi connectivity index (χ3n) is 7.10. The minimum atomic E-state index is -2.68. The molecule has 1 unspecified atom stereocenters. The van der Waals surface area contributed by atoms with Gasteiger partial charge in [-0.15, -0.1) is 0 Å². The number of carbonyl (C=O) groups excluding carboxylic acids is 4. The number of thiol groups is 1. The number of Topliss-reactive ketones (excluding diaryl/α,β-unsaturated/α-hetero) is 1. The molecule has 4 rings (SSSR count). The lowest BCUT2D eigenvalue weighted by Crippen LogP contribution is -2.49. The summed E-state index contributed by atoms with van der Waals surface area (Å²) in [5.74, 6) is -1.37. The Balaban J connectivity index is 1.25. The average molecular weight is 623 g/mol. The molecule has 0 saturated carbocycles. The van der Waals surface area contributed by atoms with Gasteiger partial charge in [0.05, 0.1) is 24.5 Å². The van der Waals surface area contributed by atoms with Crippen molar-refractivity contribution in [2.24, 2.45) is 5.73 Å². The second kappa shape index (κ2) is 14.6. The number of nitrogens with two attached hydrogens (primary N) is 1. The van der Waals surface area contributed by atoms with Crippen LogP contribution in [0, 0.1) is 5.82 Å². The van der Waals surface area contributed by atoms with Crippen LogP contribution in [0.25, 0.3) is 0 Å². The maximum atomic E-state index is 15.1. The van der Waals surface area contributed by atoms with Crippen molar-refractivity contribution in [3.05, 3.63) is 53.8 Å². The Morgan fingerprint density at radius 3 is 2.49 bits per heavy atom. The fourth-order valence-corrected chi connectivity index (χ4v) is 4.91. The van der Waals surface area contributed by atoms with Crippen LogP contribution in [-0.4, -0.2) is 92.3 Å². The Labute approximate surface area is 251 Å². The highest BCUT2D eigenvalue weighted by Crippen LogP contribution is 2.29. The summed E-state index contributed by atoms with van der Waals surface area (Å²) in [6, 6.07) is 10.8. The number of ether oxygens (including phenoxy) is 1. The number of halogens is 3. The lowest BCUT2D eigenvalue weighted by molar-refractivity contribution is -0.131. The van der Waals surface area contributed by atoms with E-state index in [-0.39, 0.29) is 55.8 Å². The van der Waals surface area contributed by atoms with Crippen LogP contribution < -0.4 is 26.2 Å².